The molecule has 1 saturated heterocycles. The lowest BCUT2D eigenvalue weighted by Crippen LogP contribution is -2.19. The molecular weight excluding hydrogens is 240 g/mol. The van der Waals surface area contributed by atoms with E-state index in [1.165, 1.54) is 0 Å². The lowest BCUT2D eigenvalue weighted by molar-refractivity contribution is 0.638. The summed E-state index contributed by atoms with van der Waals surface area (Å²) < 4.78 is 0. The second kappa shape index (κ2) is 4.12. The number of nitrogens with zero attached hydrogens (tertiary/aromatic N) is 1. The Kier molecular flexibility index (Phi) is 2.85. The van der Waals surface area contributed by atoms with Gasteiger partial charge in [-0.1, -0.05) is 34.1 Å². The van der Waals surface area contributed by atoms with Crippen molar-refractivity contribution in [3.63, 3.8) is 0 Å². The molecule has 0 radical (unpaired) electrons. The molecule has 0 spiro atoms. The van der Waals surface area contributed by atoms with Gasteiger partial charge >= 0.3 is 0 Å². The van der Waals surface area contributed by atoms with Crippen molar-refractivity contribution in [1.29, 1.82) is 5.26 Å². The Morgan fingerprint density at radius 3 is 2.79 bits per heavy atom. The smallest absolute Gasteiger partial charge is 0.0995 e. The molecule has 2 atom stereocenters. The van der Waals surface area contributed by atoms with E-state index in [0.717, 1.165) is 24.0 Å². The average molecular weight is 251 g/mol. The maximum atomic E-state index is 8.96. The van der Waals surface area contributed by atoms with Crippen LogP contribution in [0.25, 0.3) is 0 Å². The van der Waals surface area contributed by atoms with Crippen LogP contribution in [0.15, 0.2) is 24.3 Å². The van der Waals surface area contributed by atoms with Gasteiger partial charge in [-0.2, -0.15) is 5.26 Å². The second-order valence-corrected chi connectivity index (χ2v) is 4.57. The molecule has 1 aliphatic heterocycles. The molecule has 2 rings (SSSR count). The molecule has 1 aliphatic rings. The Morgan fingerprint density at radius 2 is 2.14 bits per heavy atom. The van der Waals surface area contributed by atoms with Gasteiger partial charge in [0.1, 0.15) is 0 Å². The van der Waals surface area contributed by atoms with E-state index in [0.29, 0.717) is 11.0 Å². The first-order valence-electron chi connectivity index (χ1n) is 4.70. The van der Waals surface area contributed by atoms with Crippen LogP contribution in [0, 0.1) is 11.3 Å². The maximum Gasteiger partial charge on any atom is 0.0995 e. The van der Waals surface area contributed by atoms with E-state index in [-0.39, 0.29) is 0 Å². The van der Waals surface area contributed by atoms with Crippen molar-refractivity contribution in [3.05, 3.63) is 35.4 Å². The maximum absolute atomic E-state index is 8.96. The van der Waals surface area contributed by atoms with Gasteiger partial charge in [0.25, 0.3) is 0 Å². The van der Waals surface area contributed by atoms with E-state index in [1.54, 1.807) is 0 Å². The van der Waals surface area contributed by atoms with Crippen molar-refractivity contribution in [2.75, 3.05) is 0 Å². The Morgan fingerprint density at radius 1 is 1.36 bits per heavy atom. The molecule has 1 aromatic rings. The van der Waals surface area contributed by atoms with Gasteiger partial charge in [0, 0.05) is 6.04 Å². The van der Waals surface area contributed by atoms with Gasteiger partial charge < -0.3 is 0 Å². The largest absolute Gasteiger partial charge is 0.298 e. The predicted molar refractivity (Wildman–Crippen MR) is 59.0 cm³/mol. The van der Waals surface area contributed by atoms with Crippen LogP contribution in [0.3, 0.4) is 0 Å². The number of nitrogens with one attached hydrogen (secondary N) is 1. The Balaban J connectivity index is 2.28. The van der Waals surface area contributed by atoms with Crippen molar-refractivity contribution < 1.29 is 0 Å². The van der Waals surface area contributed by atoms with Gasteiger partial charge in [-0.15, -0.1) is 0 Å². The van der Waals surface area contributed by atoms with Gasteiger partial charge in [-0.25, -0.2) is 0 Å². The molecular formula is C11H11BrN2. The number of rotatable bonds is 1. The van der Waals surface area contributed by atoms with Crippen molar-refractivity contribution >= 4 is 15.9 Å². The molecule has 1 heterocycles. The van der Waals surface area contributed by atoms with Crippen molar-refractivity contribution in [2.45, 2.75) is 23.8 Å². The van der Waals surface area contributed by atoms with Crippen LogP contribution in [0.2, 0.25) is 0 Å². The van der Waals surface area contributed by atoms with Gasteiger partial charge in [-0.05, 0) is 24.5 Å². The van der Waals surface area contributed by atoms with Crippen LogP contribution in [0.4, 0.5) is 0 Å². The summed E-state index contributed by atoms with van der Waals surface area (Å²) >= 11 is 3.53. The summed E-state index contributed by atoms with van der Waals surface area (Å²) in [6, 6.07) is 10.4. The summed E-state index contributed by atoms with van der Waals surface area (Å²) in [5.74, 6) is 0. The summed E-state index contributed by atoms with van der Waals surface area (Å²) in [4.78, 5) is 0.388. The van der Waals surface area contributed by atoms with Gasteiger partial charge in [0.15, 0.2) is 0 Å². The highest BCUT2D eigenvalue weighted by atomic mass is 79.9. The molecule has 0 saturated carbocycles. The molecule has 2 unspecified atom stereocenters. The minimum Gasteiger partial charge on any atom is -0.298 e. The molecule has 1 aromatic carbocycles. The lowest BCUT2D eigenvalue weighted by atomic mass is 10.0. The zero-order valence-corrected chi connectivity index (χ0v) is 9.29. The van der Waals surface area contributed by atoms with Crippen LogP contribution in [-0.2, 0) is 0 Å². The summed E-state index contributed by atoms with van der Waals surface area (Å²) in [5.41, 5.74) is 1.91. The number of hydrogen-bond acceptors (Lipinski definition) is 2. The van der Waals surface area contributed by atoms with Crippen LogP contribution >= 0.6 is 15.9 Å². The normalized spacial score (nSPS) is 26.0. The first kappa shape index (κ1) is 9.70. The highest BCUT2D eigenvalue weighted by molar-refractivity contribution is 9.09. The quantitative estimate of drug-likeness (QED) is 0.615. The van der Waals surface area contributed by atoms with Crippen molar-refractivity contribution in [1.82, 2.24) is 5.32 Å². The molecule has 72 valence electrons. The molecule has 0 aromatic heterocycles. The third-order valence-corrected chi connectivity index (χ3v) is 3.27. The Labute approximate surface area is 92.1 Å². The van der Waals surface area contributed by atoms with E-state index >= 15 is 0 Å². The number of benzene rings is 1. The molecule has 14 heavy (non-hydrogen) atoms. The Hall–Kier alpha value is -0.850. The standard InChI is InChI=1S/C11H11BrN2/c12-11-6-5-10(14-11)9-4-2-1-3-8(9)7-13/h1-4,10-11,14H,5-6H2. The highest BCUT2D eigenvalue weighted by Crippen LogP contribution is 2.30. The number of alkyl halides is 1. The number of nitriles is 1. The summed E-state index contributed by atoms with van der Waals surface area (Å²) in [6.07, 6.45) is 2.21. The van der Waals surface area contributed by atoms with Gasteiger partial charge in [0.2, 0.25) is 0 Å². The monoisotopic (exact) mass is 250 g/mol. The number of halogens is 1. The van der Waals surface area contributed by atoms with Crippen LogP contribution in [-0.4, -0.2) is 4.95 Å². The second-order valence-electron chi connectivity index (χ2n) is 3.46. The van der Waals surface area contributed by atoms with Crippen LogP contribution in [0.5, 0.6) is 0 Å². The van der Waals surface area contributed by atoms with Gasteiger partial charge in [-0.3, -0.25) is 5.32 Å². The van der Waals surface area contributed by atoms with E-state index in [1.807, 2.05) is 24.3 Å². The van der Waals surface area contributed by atoms with E-state index in [4.69, 9.17) is 5.26 Å². The van der Waals surface area contributed by atoms with E-state index in [9.17, 15) is 0 Å². The number of hydrogen-bond donors (Lipinski definition) is 1. The third-order valence-electron chi connectivity index (χ3n) is 2.55. The average Bonchev–Trinajstić information content (AvgIpc) is 2.65. The highest BCUT2D eigenvalue weighted by Gasteiger charge is 2.24. The lowest BCUT2D eigenvalue weighted by Gasteiger charge is -2.12. The minimum atomic E-state index is 0.329. The Bertz CT molecular complexity index is 370. The van der Waals surface area contributed by atoms with Crippen molar-refractivity contribution in [3.8, 4) is 6.07 Å². The zero-order chi connectivity index (χ0) is 9.97. The molecule has 0 bridgehead atoms. The molecule has 1 N–H and O–H groups in total. The fourth-order valence-electron chi connectivity index (χ4n) is 1.85. The zero-order valence-electron chi connectivity index (χ0n) is 7.70. The topological polar surface area (TPSA) is 35.8 Å². The SMILES string of the molecule is N#Cc1ccccc1C1CCC(Br)N1. The predicted octanol–water partition coefficient (Wildman–Crippen LogP) is 2.70. The summed E-state index contributed by atoms with van der Waals surface area (Å²) in [5, 5.41) is 12.4. The van der Waals surface area contributed by atoms with Crippen LogP contribution < -0.4 is 5.32 Å². The molecule has 0 amide bonds. The third kappa shape index (κ3) is 1.82. The summed E-state index contributed by atoms with van der Waals surface area (Å²) in [6.45, 7) is 0. The minimum absolute atomic E-state index is 0.329. The fraction of sp³-hybridized carbons (Fsp3) is 0.364. The van der Waals surface area contributed by atoms with Gasteiger partial charge in [0.05, 0.1) is 16.6 Å². The first-order valence-corrected chi connectivity index (χ1v) is 5.62. The van der Waals surface area contributed by atoms with Crippen LogP contribution in [0.1, 0.15) is 30.0 Å². The molecule has 0 aliphatic carbocycles. The van der Waals surface area contributed by atoms with E-state index in [2.05, 4.69) is 27.3 Å². The van der Waals surface area contributed by atoms with E-state index < -0.39 is 0 Å². The van der Waals surface area contributed by atoms with Crippen molar-refractivity contribution in [2.24, 2.45) is 0 Å². The fourth-order valence-corrected chi connectivity index (χ4v) is 2.43. The summed E-state index contributed by atoms with van der Waals surface area (Å²) in [7, 11) is 0. The molecule has 2 nitrogen and oxygen atoms in total. The first-order chi connectivity index (χ1) is 6.81. The molecule has 3 heteroatoms. The molecule has 1 fully saturated rings.